The number of carbonyl (C=O) groups excluding carboxylic acids is 1. The Morgan fingerprint density at radius 3 is 2.65 bits per heavy atom. The van der Waals surface area contributed by atoms with Gasteiger partial charge in [0.1, 0.15) is 6.23 Å². The van der Waals surface area contributed by atoms with E-state index in [9.17, 15) is 9.90 Å². The smallest absolute Gasteiger partial charge is 0.221 e. The van der Waals surface area contributed by atoms with E-state index in [2.05, 4.69) is 29.8 Å². The minimum atomic E-state index is -0.432. The lowest BCUT2D eigenvalue weighted by Crippen LogP contribution is -2.63. The van der Waals surface area contributed by atoms with Crippen LogP contribution in [-0.2, 0) is 4.79 Å². The molecule has 98 valence electrons. The predicted molar refractivity (Wildman–Crippen MR) is 64.8 cm³/mol. The zero-order valence-corrected chi connectivity index (χ0v) is 10.6. The van der Waals surface area contributed by atoms with Crippen LogP contribution in [0.5, 0.6) is 0 Å². The van der Waals surface area contributed by atoms with Gasteiger partial charge < -0.3 is 10.4 Å². The quantitative estimate of drug-likeness (QED) is 0.554. The van der Waals surface area contributed by atoms with Gasteiger partial charge in [-0.05, 0) is 31.1 Å². The SMILES string of the molecule is CC1CCC(=O)NC1NC1NC(O)CCC1C. The minimum Gasteiger partial charge on any atom is -0.379 e. The Labute approximate surface area is 102 Å². The summed E-state index contributed by atoms with van der Waals surface area (Å²) in [7, 11) is 0. The summed E-state index contributed by atoms with van der Waals surface area (Å²) < 4.78 is 0. The number of rotatable bonds is 2. The van der Waals surface area contributed by atoms with E-state index in [-0.39, 0.29) is 18.2 Å². The third kappa shape index (κ3) is 3.18. The Hall–Kier alpha value is -0.650. The molecule has 17 heavy (non-hydrogen) atoms. The van der Waals surface area contributed by atoms with Crippen molar-refractivity contribution < 1.29 is 9.90 Å². The molecule has 0 saturated carbocycles. The Kier molecular flexibility index (Phi) is 4.01. The third-order valence-corrected chi connectivity index (χ3v) is 3.91. The maximum absolute atomic E-state index is 11.4. The highest BCUT2D eigenvalue weighted by molar-refractivity contribution is 5.77. The van der Waals surface area contributed by atoms with Gasteiger partial charge >= 0.3 is 0 Å². The number of piperidine rings is 2. The maximum atomic E-state index is 11.4. The van der Waals surface area contributed by atoms with Crippen molar-refractivity contribution in [2.24, 2.45) is 11.8 Å². The summed E-state index contributed by atoms with van der Waals surface area (Å²) in [6.45, 7) is 4.30. The summed E-state index contributed by atoms with van der Waals surface area (Å²) in [4.78, 5) is 11.4. The number of hydrogen-bond donors (Lipinski definition) is 4. The second-order valence-electron chi connectivity index (χ2n) is 5.44. The second-order valence-corrected chi connectivity index (χ2v) is 5.44. The molecule has 0 aromatic heterocycles. The summed E-state index contributed by atoms with van der Waals surface area (Å²) in [5, 5.41) is 19.1. The molecule has 5 nitrogen and oxygen atoms in total. The van der Waals surface area contributed by atoms with Gasteiger partial charge in [-0.3, -0.25) is 15.4 Å². The normalized spacial score (nSPS) is 43.2. The number of nitrogens with one attached hydrogen (secondary N) is 3. The Bertz CT molecular complexity index is 285. The summed E-state index contributed by atoms with van der Waals surface area (Å²) >= 11 is 0. The number of aliphatic hydroxyl groups excluding tert-OH is 1. The first-order valence-electron chi connectivity index (χ1n) is 6.56. The van der Waals surface area contributed by atoms with Crippen molar-refractivity contribution in [2.45, 2.75) is 58.1 Å². The lowest BCUT2D eigenvalue weighted by Gasteiger charge is -2.39. The molecule has 0 spiro atoms. The van der Waals surface area contributed by atoms with Gasteiger partial charge in [0.25, 0.3) is 0 Å². The van der Waals surface area contributed by atoms with Crippen molar-refractivity contribution in [1.82, 2.24) is 16.0 Å². The summed E-state index contributed by atoms with van der Waals surface area (Å²) in [6, 6.07) is 0. The van der Waals surface area contributed by atoms with Gasteiger partial charge in [0, 0.05) is 6.42 Å². The largest absolute Gasteiger partial charge is 0.379 e. The van der Waals surface area contributed by atoms with Crippen LogP contribution in [0.4, 0.5) is 0 Å². The molecule has 1 amide bonds. The molecule has 2 saturated heterocycles. The molecule has 2 aliphatic rings. The molecular formula is C12H23N3O2. The summed E-state index contributed by atoms with van der Waals surface area (Å²) in [5.41, 5.74) is 0. The van der Waals surface area contributed by atoms with Crippen LogP contribution >= 0.6 is 0 Å². The van der Waals surface area contributed by atoms with Gasteiger partial charge in [0.2, 0.25) is 5.91 Å². The van der Waals surface area contributed by atoms with Crippen molar-refractivity contribution in [2.75, 3.05) is 0 Å². The van der Waals surface area contributed by atoms with E-state index in [1.54, 1.807) is 0 Å². The Morgan fingerprint density at radius 1 is 1.18 bits per heavy atom. The van der Waals surface area contributed by atoms with Crippen LogP contribution in [0, 0.1) is 11.8 Å². The van der Waals surface area contributed by atoms with E-state index < -0.39 is 6.23 Å². The molecule has 2 fully saturated rings. The van der Waals surface area contributed by atoms with Gasteiger partial charge in [-0.15, -0.1) is 0 Å². The molecule has 2 heterocycles. The first-order chi connectivity index (χ1) is 8.06. The molecule has 0 aromatic rings. The van der Waals surface area contributed by atoms with Gasteiger partial charge in [-0.25, -0.2) is 0 Å². The van der Waals surface area contributed by atoms with Crippen LogP contribution in [0.1, 0.15) is 39.5 Å². The number of aliphatic hydroxyl groups is 1. The molecule has 4 N–H and O–H groups in total. The Morgan fingerprint density at radius 2 is 1.88 bits per heavy atom. The number of hydrogen-bond acceptors (Lipinski definition) is 4. The van der Waals surface area contributed by atoms with E-state index in [0.29, 0.717) is 18.3 Å². The summed E-state index contributed by atoms with van der Waals surface area (Å²) in [5.74, 6) is 1.01. The van der Waals surface area contributed by atoms with Crippen molar-refractivity contribution in [3.05, 3.63) is 0 Å². The van der Waals surface area contributed by atoms with Crippen molar-refractivity contribution >= 4 is 5.91 Å². The zero-order valence-electron chi connectivity index (χ0n) is 10.6. The van der Waals surface area contributed by atoms with Crippen LogP contribution in [0.25, 0.3) is 0 Å². The molecular weight excluding hydrogens is 218 g/mol. The molecule has 2 aliphatic heterocycles. The zero-order chi connectivity index (χ0) is 12.4. The highest BCUT2D eigenvalue weighted by atomic mass is 16.3. The summed E-state index contributed by atoms with van der Waals surface area (Å²) in [6.07, 6.45) is 3.00. The van der Waals surface area contributed by atoms with Crippen LogP contribution in [0.2, 0.25) is 0 Å². The molecule has 0 bridgehead atoms. The van der Waals surface area contributed by atoms with Crippen LogP contribution in [0.3, 0.4) is 0 Å². The molecule has 2 rings (SSSR count). The second kappa shape index (κ2) is 5.33. The maximum Gasteiger partial charge on any atom is 0.221 e. The van der Waals surface area contributed by atoms with Crippen LogP contribution < -0.4 is 16.0 Å². The highest BCUT2D eigenvalue weighted by Crippen LogP contribution is 2.20. The lowest BCUT2D eigenvalue weighted by molar-refractivity contribution is -0.124. The first-order valence-corrected chi connectivity index (χ1v) is 6.56. The van der Waals surface area contributed by atoms with Gasteiger partial charge in [0.05, 0.1) is 12.3 Å². The van der Waals surface area contributed by atoms with E-state index >= 15 is 0 Å². The minimum absolute atomic E-state index is 0.0153. The number of amides is 1. The first kappa shape index (κ1) is 12.8. The average Bonchev–Trinajstić information content (AvgIpc) is 2.28. The van der Waals surface area contributed by atoms with E-state index in [1.165, 1.54) is 0 Å². The number of carbonyl (C=O) groups is 1. The van der Waals surface area contributed by atoms with Crippen molar-refractivity contribution in [1.29, 1.82) is 0 Å². The van der Waals surface area contributed by atoms with Gasteiger partial charge in [-0.2, -0.15) is 0 Å². The Balaban J connectivity index is 1.91. The highest BCUT2D eigenvalue weighted by Gasteiger charge is 2.31. The molecule has 0 aliphatic carbocycles. The van der Waals surface area contributed by atoms with Gasteiger partial charge in [-0.1, -0.05) is 13.8 Å². The topological polar surface area (TPSA) is 73.4 Å². The van der Waals surface area contributed by atoms with Gasteiger partial charge in [0.15, 0.2) is 0 Å². The van der Waals surface area contributed by atoms with Crippen molar-refractivity contribution in [3.63, 3.8) is 0 Å². The molecule has 5 atom stereocenters. The standard InChI is InChI=1S/C12H23N3O2/c1-7-3-5-9(16)13-11(7)15-12-8(2)4-6-10(17)14-12/h7-9,11-13,15-16H,3-6H2,1-2H3,(H,14,17). The average molecular weight is 241 g/mol. The van der Waals surface area contributed by atoms with E-state index in [0.717, 1.165) is 19.3 Å². The van der Waals surface area contributed by atoms with E-state index in [1.807, 2.05) is 0 Å². The fourth-order valence-electron chi connectivity index (χ4n) is 2.57. The predicted octanol–water partition coefficient (Wildman–Crippen LogP) is 0.112. The van der Waals surface area contributed by atoms with Crippen LogP contribution in [0.15, 0.2) is 0 Å². The molecule has 0 aromatic carbocycles. The monoisotopic (exact) mass is 241 g/mol. The lowest BCUT2D eigenvalue weighted by atomic mass is 9.93. The van der Waals surface area contributed by atoms with Crippen LogP contribution in [-0.4, -0.2) is 29.6 Å². The third-order valence-electron chi connectivity index (χ3n) is 3.91. The van der Waals surface area contributed by atoms with E-state index in [4.69, 9.17) is 0 Å². The molecule has 0 radical (unpaired) electrons. The van der Waals surface area contributed by atoms with Crippen molar-refractivity contribution in [3.8, 4) is 0 Å². The molecule has 5 unspecified atom stereocenters. The fourth-order valence-corrected chi connectivity index (χ4v) is 2.57. The molecule has 5 heteroatoms. The fraction of sp³-hybridized carbons (Fsp3) is 0.917.